The van der Waals surface area contributed by atoms with Crippen LogP contribution >= 0.6 is 0 Å². The summed E-state index contributed by atoms with van der Waals surface area (Å²) in [6.45, 7) is 24.7. The lowest BCUT2D eigenvalue weighted by Gasteiger charge is -2.25. The summed E-state index contributed by atoms with van der Waals surface area (Å²) in [5, 5.41) is 0. The van der Waals surface area contributed by atoms with Crippen LogP contribution in [0.15, 0.2) is 114 Å². The summed E-state index contributed by atoms with van der Waals surface area (Å²) >= 11 is 0. The summed E-state index contributed by atoms with van der Waals surface area (Å²) in [6.07, 6.45) is 22.8. The van der Waals surface area contributed by atoms with Crippen LogP contribution in [0.1, 0.15) is 98.0 Å². The van der Waals surface area contributed by atoms with Crippen LogP contribution in [0.2, 0.25) is 0 Å². The van der Waals surface area contributed by atoms with Crippen molar-refractivity contribution in [3.63, 3.8) is 0 Å². The average Bonchev–Trinajstić information content (AvgIpc) is 3.04. The Bertz CT molecular complexity index is 1210. The molecule has 0 spiro atoms. The Morgan fingerprint density at radius 1 is 0.978 bits per heavy atom. The lowest BCUT2D eigenvalue weighted by molar-refractivity contribution is -0.123. The van der Waals surface area contributed by atoms with Crippen LogP contribution in [-0.4, -0.2) is 36.6 Å². The Balaban J connectivity index is 2.94. The zero-order valence-corrected chi connectivity index (χ0v) is 29.2. The van der Waals surface area contributed by atoms with Crippen LogP contribution in [-0.2, 0) is 11.2 Å². The van der Waals surface area contributed by atoms with E-state index in [1.807, 2.05) is 49.4 Å². The van der Waals surface area contributed by atoms with Crippen molar-refractivity contribution in [1.29, 1.82) is 0 Å². The molecule has 0 aromatic heterocycles. The molecule has 0 aliphatic rings. The molecule has 0 radical (unpaired) electrons. The molecule has 45 heavy (non-hydrogen) atoms. The van der Waals surface area contributed by atoms with Gasteiger partial charge in [-0.25, -0.2) is 0 Å². The highest BCUT2D eigenvalue weighted by Crippen LogP contribution is 2.26. The van der Waals surface area contributed by atoms with E-state index >= 15 is 0 Å². The van der Waals surface area contributed by atoms with Gasteiger partial charge >= 0.3 is 0 Å². The molecule has 0 saturated carbocycles. The number of carbonyl (C=O) groups excluding carboxylic acids is 1. The predicted molar refractivity (Wildman–Crippen MR) is 197 cm³/mol. The van der Waals surface area contributed by atoms with Crippen molar-refractivity contribution in [2.45, 2.75) is 98.8 Å². The van der Waals surface area contributed by atoms with Gasteiger partial charge < -0.3 is 9.64 Å². The van der Waals surface area contributed by atoms with Gasteiger partial charge in [-0.3, -0.25) is 9.79 Å². The minimum absolute atomic E-state index is 0.0740. The zero-order valence-electron chi connectivity index (χ0n) is 29.2. The number of methoxy groups -OCH3 is 1. The molecule has 1 aromatic carbocycles. The smallest absolute Gasteiger partial charge is 0.136 e. The SMILES string of the molecule is C=C/C=C(N=C(C)CCc1ccc(OC)cc1)\C(C=C)=C(/C)CCC(CCCC)C(=O)CCCN(CCC)C(=C)/C=C\C=C/C. The second-order valence-electron chi connectivity index (χ2n) is 11.7. The van der Waals surface area contributed by atoms with Gasteiger partial charge in [0.05, 0.1) is 12.8 Å². The second kappa shape index (κ2) is 23.7. The van der Waals surface area contributed by atoms with E-state index in [0.29, 0.717) is 12.2 Å². The van der Waals surface area contributed by atoms with Gasteiger partial charge in [-0.05, 0) is 101 Å². The van der Waals surface area contributed by atoms with Gasteiger partial charge in [0.2, 0.25) is 0 Å². The molecule has 4 heteroatoms. The molecular formula is C41H60N2O2. The summed E-state index contributed by atoms with van der Waals surface area (Å²) in [5.74, 6) is 1.33. The van der Waals surface area contributed by atoms with Crippen LogP contribution in [0.4, 0.5) is 0 Å². The number of unbranched alkanes of at least 4 members (excludes halogenated alkanes) is 1. The van der Waals surface area contributed by atoms with E-state index < -0.39 is 0 Å². The Kier molecular flexibility index (Phi) is 20.7. The Morgan fingerprint density at radius 2 is 1.71 bits per heavy atom. The first-order valence-corrected chi connectivity index (χ1v) is 16.8. The first kappa shape index (κ1) is 39.4. The number of hydrogen-bond acceptors (Lipinski definition) is 4. The molecule has 0 amide bonds. The summed E-state index contributed by atoms with van der Waals surface area (Å²) in [4.78, 5) is 20.8. The first-order valence-electron chi connectivity index (χ1n) is 16.8. The van der Waals surface area contributed by atoms with Gasteiger partial charge in [-0.2, -0.15) is 0 Å². The van der Waals surface area contributed by atoms with Crippen molar-refractivity contribution in [3.05, 3.63) is 115 Å². The topological polar surface area (TPSA) is 41.9 Å². The number of benzene rings is 1. The fourth-order valence-electron chi connectivity index (χ4n) is 5.32. The number of carbonyl (C=O) groups is 1. The number of Topliss-reactive ketones (excluding diaryl/α,β-unsaturated/α-hetero) is 1. The first-order chi connectivity index (χ1) is 21.7. The number of rotatable bonds is 24. The maximum absolute atomic E-state index is 13.5. The largest absolute Gasteiger partial charge is 0.497 e. The molecule has 0 N–H and O–H groups in total. The third kappa shape index (κ3) is 15.8. The van der Waals surface area contributed by atoms with Crippen molar-refractivity contribution >= 4 is 11.5 Å². The number of hydrogen-bond donors (Lipinski definition) is 0. The van der Waals surface area contributed by atoms with Gasteiger partial charge in [0.1, 0.15) is 11.5 Å². The fourth-order valence-corrected chi connectivity index (χ4v) is 5.32. The normalized spacial score (nSPS) is 13.6. The van der Waals surface area contributed by atoms with Crippen molar-refractivity contribution in [1.82, 2.24) is 4.90 Å². The summed E-state index contributed by atoms with van der Waals surface area (Å²) in [5.41, 5.74) is 6.42. The highest BCUT2D eigenvalue weighted by Gasteiger charge is 2.19. The highest BCUT2D eigenvalue weighted by molar-refractivity contribution is 5.84. The molecule has 1 unspecified atom stereocenters. The number of aliphatic imine (C=N–C) groups is 1. The van der Waals surface area contributed by atoms with Crippen molar-refractivity contribution in [2.75, 3.05) is 20.2 Å². The Hall–Kier alpha value is -3.66. The van der Waals surface area contributed by atoms with Crippen molar-refractivity contribution in [3.8, 4) is 5.75 Å². The molecule has 0 aliphatic heterocycles. The van der Waals surface area contributed by atoms with E-state index in [-0.39, 0.29) is 5.92 Å². The van der Waals surface area contributed by atoms with Crippen molar-refractivity contribution < 1.29 is 9.53 Å². The second-order valence-corrected chi connectivity index (χ2v) is 11.7. The molecule has 246 valence electrons. The quantitative estimate of drug-likeness (QED) is 0.0861. The van der Waals surface area contributed by atoms with Crippen LogP contribution in [0.5, 0.6) is 5.75 Å². The maximum atomic E-state index is 13.5. The van der Waals surface area contributed by atoms with Gasteiger partial charge in [-0.15, -0.1) is 0 Å². The third-order valence-electron chi connectivity index (χ3n) is 8.03. The summed E-state index contributed by atoms with van der Waals surface area (Å²) in [7, 11) is 1.68. The van der Waals surface area contributed by atoms with E-state index in [2.05, 4.69) is 70.5 Å². The monoisotopic (exact) mass is 612 g/mol. The van der Waals surface area contributed by atoms with Gasteiger partial charge in [0.25, 0.3) is 0 Å². The van der Waals surface area contributed by atoms with Crippen LogP contribution < -0.4 is 4.74 Å². The molecule has 0 heterocycles. The number of allylic oxidation sites excluding steroid dienone is 8. The molecule has 4 nitrogen and oxygen atoms in total. The zero-order chi connectivity index (χ0) is 33.5. The predicted octanol–water partition coefficient (Wildman–Crippen LogP) is 11.0. The maximum Gasteiger partial charge on any atom is 0.136 e. The molecule has 0 bridgehead atoms. The minimum atomic E-state index is 0.0740. The molecule has 1 rings (SSSR count). The lowest BCUT2D eigenvalue weighted by Crippen LogP contribution is -2.25. The highest BCUT2D eigenvalue weighted by atomic mass is 16.5. The van der Waals surface area contributed by atoms with Gasteiger partial charge in [0, 0.05) is 36.8 Å². The van der Waals surface area contributed by atoms with E-state index in [1.165, 1.54) is 11.1 Å². The van der Waals surface area contributed by atoms with Gasteiger partial charge in [0.15, 0.2) is 0 Å². The molecule has 0 saturated heterocycles. The lowest BCUT2D eigenvalue weighted by atomic mass is 9.88. The molecule has 1 aromatic rings. The fraction of sp³-hybridized carbons (Fsp3) is 0.463. The molecule has 0 fully saturated rings. The average molecular weight is 613 g/mol. The minimum Gasteiger partial charge on any atom is -0.497 e. The molecule has 0 aliphatic carbocycles. The number of nitrogens with zero attached hydrogens (tertiary/aromatic N) is 2. The van der Waals surface area contributed by atoms with E-state index in [0.717, 1.165) is 99.3 Å². The number of ketones is 1. The molecule has 1 atom stereocenters. The standard InChI is InChI=1S/C41H60N2O2/c1-10-15-17-20-35(8)43(31-13-4)32-18-22-41(44)37(21-16-11-2)28-23-33(6)39(14-5)40(19-12-3)42-34(7)24-25-36-26-29-38(45-9)30-27-36/h10,12,14-15,17,19-20,26-27,29-30,37H,3,5,8,11,13,16,18,21-25,28,31-32H2,1-2,4,6-7,9H3/b15-10-,20-17-,39-33+,40-19+,42-34?. The number of ether oxygens (including phenoxy) is 1. The van der Waals surface area contributed by atoms with Crippen LogP contribution in [0.3, 0.4) is 0 Å². The van der Waals surface area contributed by atoms with Gasteiger partial charge in [-0.1, -0.05) is 94.5 Å². The summed E-state index contributed by atoms with van der Waals surface area (Å²) in [6, 6.07) is 8.19. The summed E-state index contributed by atoms with van der Waals surface area (Å²) < 4.78 is 5.28. The van der Waals surface area contributed by atoms with Crippen LogP contribution in [0.25, 0.3) is 0 Å². The number of aryl methyl sites for hydroxylation is 1. The van der Waals surface area contributed by atoms with Crippen molar-refractivity contribution in [2.24, 2.45) is 10.9 Å². The van der Waals surface area contributed by atoms with E-state index in [4.69, 9.17) is 9.73 Å². The Labute approximate surface area is 275 Å². The molecular weight excluding hydrogens is 552 g/mol. The van der Waals surface area contributed by atoms with E-state index in [1.54, 1.807) is 13.2 Å². The Morgan fingerprint density at radius 3 is 2.31 bits per heavy atom. The third-order valence-corrected chi connectivity index (χ3v) is 8.03. The van der Waals surface area contributed by atoms with E-state index in [9.17, 15) is 4.79 Å². The van der Waals surface area contributed by atoms with Crippen LogP contribution in [0, 0.1) is 5.92 Å².